The number of rotatable bonds is 6. The first-order valence-electron chi connectivity index (χ1n) is 6.54. The van der Waals surface area contributed by atoms with Crippen LogP contribution in [0.2, 0.25) is 0 Å². The van der Waals surface area contributed by atoms with Crippen LogP contribution in [0, 0.1) is 0 Å². The molecule has 1 saturated heterocycles. The number of aliphatic hydroxyl groups is 1. The largest absolute Gasteiger partial charge is 0.396 e. The Morgan fingerprint density at radius 3 is 2.56 bits per heavy atom. The lowest BCUT2D eigenvalue weighted by molar-refractivity contribution is -0.128. The molecule has 0 aromatic rings. The third-order valence-corrected chi connectivity index (χ3v) is 3.02. The zero-order valence-electron chi connectivity index (χ0n) is 11.0. The molecule has 1 aliphatic rings. The van der Waals surface area contributed by atoms with Crippen LogP contribution in [0.15, 0.2) is 0 Å². The Morgan fingerprint density at radius 1 is 1.25 bits per heavy atom. The standard InChI is InChI=1S/C13H27NO2/c1-12-10-14(11-13(2,3)16-12)8-6-4-5-7-9-15/h12,15H,4-11H2,1-3H3. The second-order valence-corrected chi connectivity index (χ2v) is 5.56. The molecule has 3 nitrogen and oxygen atoms in total. The van der Waals surface area contributed by atoms with Gasteiger partial charge in [-0.25, -0.2) is 0 Å². The summed E-state index contributed by atoms with van der Waals surface area (Å²) in [6.45, 7) is 10.1. The van der Waals surface area contributed by atoms with E-state index in [4.69, 9.17) is 9.84 Å². The van der Waals surface area contributed by atoms with E-state index in [9.17, 15) is 0 Å². The third kappa shape index (κ3) is 5.28. The fraction of sp³-hybridized carbons (Fsp3) is 1.00. The van der Waals surface area contributed by atoms with Crippen molar-refractivity contribution in [2.75, 3.05) is 26.2 Å². The van der Waals surface area contributed by atoms with E-state index in [0.29, 0.717) is 12.7 Å². The summed E-state index contributed by atoms with van der Waals surface area (Å²) < 4.78 is 5.87. The van der Waals surface area contributed by atoms with Gasteiger partial charge in [-0.3, -0.25) is 4.90 Å². The molecule has 96 valence electrons. The summed E-state index contributed by atoms with van der Waals surface area (Å²) in [6.07, 6.45) is 4.92. The van der Waals surface area contributed by atoms with Crippen molar-refractivity contribution in [3.63, 3.8) is 0 Å². The molecule has 0 spiro atoms. The normalized spacial score (nSPS) is 25.9. The molecular weight excluding hydrogens is 202 g/mol. The van der Waals surface area contributed by atoms with Crippen LogP contribution in [0.5, 0.6) is 0 Å². The van der Waals surface area contributed by atoms with Gasteiger partial charge in [0.05, 0.1) is 11.7 Å². The van der Waals surface area contributed by atoms with Crippen LogP contribution in [-0.4, -0.2) is 48.0 Å². The van der Waals surface area contributed by atoms with Crippen LogP contribution >= 0.6 is 0 Å². The number of ether oxygens (including phenoxy) is 1. The van der Waals surface area contributed by atoms with Crippen LogP contribution in [0.3, 0.4) is 0 Å². The van der Waals surface area contributed by atoms with Crippen LogP contribution in [0.25, 0.3) is 0 Å². The van der Waals surface area contributed by atoms with Gasteiger partial charge in [-0.05, 0) is 40.2 Å². The molecule has 0 bridgehead atoms. The van der Waals surface area contributed by atoms with Crippen LogP contribution in [-0.2, 0) is 4.74 Å². The van der Waals surface area contributed by atoms with Gasteiger partial charge >= 0.3 is 0 Å². The molecule has 0 saturated carbocycles. The van der Waals surface area contributed by atoms with Crippen molar-refractivity contribution < 1.29 is 9.84 Å². The van der Waals surface area contributed by atoms with Gasteiger partial charge in [0.15, 0.2) is 0 Å². The van der Waals surface area contributed by atoms with Crippen molar-refractivity contribution >= 4 is 0 Å². The van der Waals surface area contributed by atoms with E-state index in [-0.39, 0.29) is 5.60 Å². The van der Waals surface area contributed by atoms with E-state index < -0.39 is 0 Å². The Balaban J connectivity index is 2.16. The topological polar surface area (TPSA) is 32.7 Å². The fourth-order valence-corrected chi connectivity index (χ4v) is 2.56. The molecule has 1 atom stereocenters. The number of aliphatic hydroxyl groups excluding tert-OH is 1. The third-order valence-electron chi connectivity index (χ3n) is 3.02. The molecular formula is C13H27NO2. The Hall–Kier alpha value is -0.120. The highest BCUT2D eigenvalue weighted by Crippen LogP contribution is 2.21. The summed E-state index contributed by atoms with van der Waals surface area (Å²) in [5, 5.41) is 8.69. The summed E-state index contributed by atoms with van der Waals surface area (Å²) in [5.74, 6) is 0. The number of nitrogens with zero attached hydrogens (tertiary/aromatic N) is 1. The maximum absolute atomic E-state index is 8.69. The van der Waals surface area contributed by atoms with Gasteiger partial charge in [0.25, 0.3) is 0 Å². The lowest BCUT2D eigenvalue weighted by atomic mass is 10.0. The summed E-state index contributed by atoms with van der Waals surface area (Å²) in [7, 11) is 0. The SMILES string of the molecule is CC1CN(CCCCCCO)CC(C)(C)O1. The zero-order chi connectivity index (χ0) is 12.0. The van der Waals surface area contributed by atoms with Crippen molar-refractivity contribution in [2.45, 2.75) is 58.2 Å². The molecule has 1 heterocycles. The van der Waals surface area contributed by atoms with Gasteiger partial charge in [0.2, 0.25) is 0 Å². The lowest BCUT2D eigenvalue weighted by Crippen LogP contribution is -2.51. The second-order valence-electron chi connectivity index (χ2n) is 5.56. The van der Waals surface area contributed by atoms with Crippen molar-refractivity contribution in [1.29, 1.82) is 0 Å². The van der Waals surface area contributed by atoms with E-state index in [1.165, 1.54) is 19.4 Å². The molecule has 0 aromatic heterocycles. The first-order chi connectivity index (χ1) is 7.53. The Morgan fingerprint density at radius 2 is 1.94 bits per heavy atom. The molecule has 1 unspecified atom stereocenters. The molecule has 1 rings (SSSR count). The second kappa shape index (κ2) is 6.58. The van der Waals surface area contributed by atoms with Gasteiger partial charge in [0, 0.05) is 19.7 Å². The van der Waals surface area contributed by atoms with Gasteiger partial charge in [-0.2, -0.15) is 0 Å². The van der Waals surface area contributed by atoms with E-state index in [1.54, 1.807) is 0 Å². The number of hydrogen-bond acceptors (Lipinski definition) is 3. The monoisotopic (exact) mass is 229 g/mol. The average Bonchev–Trinajstić information content (AvgIpc) is 2.14. The van der Waals surface area contributed by atoms with Crippen LogP contribution in [0.4, 0.5) is 0 Å². The molecule has 0 radical (unpaired) electrons. The Bertz CT molecular complexity index is 194. The highest BCUT2D eigenvalue weighted by molar-refractivity contribution is 4.82. The van der Waals surface area contributed by atoms with Crippen LogP contribution in [0.1, 0.15) is 46.5 Å². The number of hydrogen-bond donors (Lipinski definition) is 1. The van der Waals surface area contributed by atoms with Gasteiger partial charge in [0.1, 0.15) is 0 Å². The van der Waals surface area contributed by atoms with Crippen LogP contribution < -0.4 is 0 Å². The van der Waals surface area contributed by atoms with E-state index in [1.807, 2.05) is 0 Å². The van der Waals surface area contributed by atoms with E-state index >= 15 is 0 Å². The summed E-state index contributed by atoms with van der Waals surface area (Å²) in [5.41, 5.74) is 0.00274. The summed E-state index contributed by atoms with van der Waals surface area (Å²) in [6, 6.07) is 0. The van der Waals surface area contributed by atoms with Gasteiger partial charge in [-0.15, -0.1) is 0 Å². The van der Waals surface area contributed by atoms with Gasteiger partial charge < -0.3 is 9.84 Å². The first-order valence-corrected chi connectivity index (χ1v) is 6.54. The number of unbranched alkanes of at least 4 members (excludes halogenated alkanes) is 3. The zero-order valence-corrected chi connectivity index (χ0v) is 11.0. The molecule has 1 N–H and O–H groups in total. The first kappa shape index (κ1) is 13.9. The Kier molecular flexibility index (Phi) is 5.73. The Labute approximate surface area is 99.8 Å². The molecule has 0 aromatic carbocycles. The fourth-order valence-electron chi connectivity index (χ4n) is 2.56. The average molecular weight is 229 g/mol. The minimum atomic E-state index is 0.00274. The molecule has 0 aliphatic carbocycles. The number of morpholine rings is 1. The lowest BCUT2D eigenvalue weighted by Gasteiger charge is -2.41. The minimum absolute atomic E-state index is 0.00274. The maximum atomic E-state index is 8.69. The summed E-state index contributed by atoms with van der Waals surface area (Å²) >= 11 is 0. The molecule has 0 amide bonds. The quantitative estimate of drug-likeness (QED) is 0.707. The maximum Gasteiger partial charge on any atom is 0.0757 e. The molecule has 1 aliphatic heterocycles. The van der Waals surface area contributed by atoms with Gasteiger partial charge in [-0.1, -0.05) is 12.8 Å². The predicted octanol–water partition coefficient (Wildman–Crippen LogP) is 2.04. The predicted molar refractivity (Wildman–Crippen MR) is 66.6 cm³/mol. The van der Waals surface area contributed by atoms with E-state index in [2.05, 4.69) is 25.7 Å². The van der Waals surface area contributed by atoms with Crippen molar-refractivity contribution in [3.05, 3.63) is 0 Å². The minimum Gasteiger partial charge on any atom is -0.396 e. The van der Waals surface area contributed by atoms with Crippen molar-refractivity contribution in [3.8, 4) is 0 Å². The molecule has 3 heteroatoms. The van der Waals surface area contributed by atoms with Crippen molar-refractivity contribution in [2.24, 2.45) is 0 Å². The van der Waals surface area contributed by atoms with E-state index in [0.717, 1.165) is 25.9 Å². The molecule has 1 fully saturated rings. The summed E-state index contributed by atoms with van der Waals surface area (Å²) in [4.78, 5) is 2.51. The highest BCUT2D eigenvalue weighted by Gasteiger charge is 2.30. The smallest absolute Gasteiger partial charge is 0.0757 e. The van der Waals surface area contributed by atoms with Crippen molar-refractivity contribution in [1.82, 2.24) is 4.90 Å². The molecule has 16 heavy (non-hydrogen) atoms. The highest BCUT2D eigenvalue weighted by atomic mass is 16.5.